The molecule has 2 saturated heterocycles. The van der Waals surface area contributed by atoms with Gasteiger partial charge in [0.2, 0.25) is 0 Å². The van der Waals surface area contributed by atoms with Crippen LogP contribution in [0.4, 0.5) is 4.79 Å². The number of alkyl carbamates (subject to hydrolysis) is 1. The van der Waals surface area contributed by atoms with Gasteiger partial charge in [-0.3, -0.25) is 10.2 Å². The van der Waals surface area contributed by atoms with Crippen LogP contribution in [0.1, 0.15) is 45.4 Å². The Bertz CT molecular complexity index is 432. The van der Waals surface area contributed by atoms with Gasteiger partial charge in [-0.05, 0) is 56.3 Å². The van der Waals surface area contributed by atoms with Gasteiger partial charge >= 0.3 is 6.09 Å². The van der Waals surface area contributed by atoms with Crippen LogP contribution in [0.15, 0.2) is 0 Å². The lowest BCUT2D eigenvalue weighted by Gasteiger charge is -2.39. The zero-order valence-corrected chi connectivity index (χ0v) is 12.6. The normalized spacial score (nSPS) is 49.2. The highest BCUT2D eigenvalue weighted by molar-refractivity contribution is 5.71. The van der Waals surface area contributed by atoms with Crippen molar-refractivity contribution in [2.45, 2.75) is 63.4 Å². The first kappa shape index (κ1) is 13.8. The van der Waals surface area contributed by atoms with Gasteiger partial charge in [0.05, 0.1) is 11.7 Å². The first-order valence-electron chi connectivity index (χ1n) is 8.32. The molecule has 0 aromatic rings. The standard InChI is InChI=1S/C15H25N3O3/c1-2-12-16-13(18-21-12)10-3-4-11-9(7-10)5-6-15(11)8-20-14(19)17-15/h9-13,16,18H,2-8H2,1H3,(H,17,19)/t9?,10?,11?,12?,13?,15-/m0/s1. The second-order valence-electron chi connectivity index (χ2n) is 7.11. The van der Waals surface area contributed by atoms with E-state index in [2.05, 4.69) is 23.0 Å². The Kier molecular flexibility index (Phi) is 3.35. The van der Waals surface area contributed by atoms with Crippen LogP contribution in [0.5, 0.6) is 0 Å². The van der Waals surface area contributed by atoms with Gasteiger partial charge in [0, 0.05) is 0 Å². The largest absolute Gasteiger partial charge is 0.447 e. The second-order valence-corrected chi connectivity index (χ2v) is 7.11. The molecule has 6 atom stereocenters. The Morgan fingerprint density at radius 2 is 2.19 bits per heavy atom. The fourth-order valence-electron chi connectivity index (χ4n) is 4.94. The quantitative estimate of drug-likeness (QED) is 0.720. The van der Waals surface area contributed by atoms with Crippen LogP contribution in [0.25, 0.3) is 0 Å². The van der Waals surface area contributed by atoms with E-state index in [0.29, 0.717) is 24.4 Å². The Morgan fingerprint density at radius 1 is 1.29 bits per heavy atom. The molecular weight excluding hydrogens is 270 g/mol. The molecule has 2 aliphatic heterocycles. The molecule has 4 rings (SSSR count). The fraction of sp³-hybridized carbons (Fsp3) is 0.933. The van der Waals surface area contributed by atoms with Crippen LogP contribution in [0, 0.1) is 17.8 Å². The number of hydrogen-bond donors (Lipinski definition) is 3. The highest BCUT2D eigenvalue weighted by Gasteiger charge is 2.55. The summed E-state index contributed by atoms with van der Waals surface area (Å²) in [7, 11) is 0. The molecule has 1 spiro atoms. The van der Waals surface area contributed by atoms with Crippen LogP contribution < -0.4 is 16.1 Å². The van der Waals surface area contributed by atoms with Crippen molar-refractivity contribution in [3.63, 3.8) is 0 Å². The average molecular weight is 295 g/mol. The van der Waals surface area contributed by atoms with Crippen molar-refractivity contribution >= 4 is 6.09 Å². The number of hydroxylamine groups is 1. The third kappa shape index (κ3) is 2.24. The monoisotopic (exact) mass is 295 g/mol. The molecule has 4 fully saturated rings. The Morgan fingerprint density at radius 3 is 2.90 bits per heavy atom. The van der Waals surface area contributed by atoms with E-state index in [9.17, 15) is 4.79 Å². The predicted molar refractivity (Wildman–Crippen MR) is 76.0 cm³/mol. The zero-order valence-electron chi connectivity index (χ0n) is 12.6. The van der Waals surface area contributed by atoms with Crippen molar-refractivity contribution in [2.75, 3.05) is 6.61 Å². The molecular formula is C15H25N3O3. The maximum atomic E-state index is 11.5. The van der Waals surface area contributed by atoms with Gasteiger partial charge in [0.1, 0.15) is 12.8 Å². The van der Waals surface area contributed by atoms with Gasteiger partial charge in [-0.1, -0.05) is 6.92 Å². The lowest BCUT2D eigenvalue weighted by molar-refractivity contribution is 0.0115. The molecule has 6 heteroatoms. The smallest absolute Gasteiger partial charge is 0.407 e. The minimum absolute atomic E-state index is 0.0638. The summed E-state index contributed by atoms with van der Waals surface area (Å²) in [6, 6.07) is 0. The fourth-order valence-corrected chi connectivity index (χ4v) is 4.94. The minimum Gasteiger partial charge on any atom is -0.447 e. The number of ether oxygens (including phenoxy) is 1. The summed E-state index contributed by atoms with van der Waals surface area (Å²) >= 11 is 0. The van der Waals surface area contributed by atoms with Crippen molar-refractivity contribution in [2.24, 2.45) is 17.8 Å². The summed E-state index contributed by atoms with van der Waals surface area (Å²) in [4.78, 5) is 17.0. The minimum atomic E-state index is -0.226. The number of carbonyl (C=O) groups excluding carboxylic acids is 1. The van der Waals surface area contributed by atoms with Crippen LogP contribution in [0.2, 0.25) is 0 Å². The van der Waals surface area contributed by atoms with Gasteiger partial charge in [-0.15, -0.1) is 0 Å². The molecule has 2 saturated carbocycles. The molecule has 6 nitrogen and oxygen atoms in total. The number of amides is 1. The number of carbonyl (C=O) groups is 1. The van der Waals surface area contributed by atoms with Crippen molar-refractivity contribution < 1.29 is 14.4 Å². The second kappa shape index (κ2) is 5.11. The Labute approximate surface area is 125 Å². The molecule has 1 amide bonds. The summed E-state index contributed by atoms with van der Waals surface area (Å²) in [5.74, 6) is 1.91. The average Bonchev–Trinajstić information content (AvgIpc) is 3.19. The van der Waals surface area contributed by atoms with Crippen molar-refractivity contribution in [1.82, 2.24) is 16.1 Å². The van der Waals surface area contributed by atoms with Crippen LogP contribution in [0.3, 0.4) is 0 Å². The number of cyclic esters (lactones) is 1. The van der Waals surface area contributed by atoms with Gasteiger partial charge in [-0.2, -0.15) is 5.48 Å². The van der Waals surface area contributed by atoms with E-state index in [4.69, 9.17) is 9.57 Å². The number of nitrogens with one attached hydrogen (secondary N) is 3. The van der Waals surface area contributed by atoms with Crippen LogP contribution in [-0.2, 0) is 9.57 Å². The highest BCUT2D eigenvalue weighted by Crippen LogP contribution is 2.51. The van der Waals surface area contributed by atoms with E-state index in [1.54, 1.807) is 0 Å². The summed E-state index contributed by atoms with van der Waals surface area (Å²) < 4.78 is 5.20. The van der Waals surface area contributed by atoms with E-state index in [1.165, 1.54) is 25.7 Å². The molecule has 21 heavy (non-hydrogen) atoms. The lowest BCUT2D eigenvalue weighted by atomic mass is 9.70. The molecule has 0 bridgehead atoms. The molecule has 118 valence electrons. The topological polar surface area (TPSA) is 71.6 Å². The van der Waals surface area contributed by atoms with E-state index < -0.39 is 0 Å². The van der Waals surface area contributed by atoms with Crippen molar-refractivity contribution in [3.05, 3.63) is 0 Å². The van der Waals surface area contributed by atoms with Crippen LogP contribution in [-0.4, -0.2) is 30.6 Å². The predicted octanol–water partition coefficient (Wildman–Crippen LogP) is 1.48. The molecule has 0 radical (unpaired) electrons. The number of fused-ring (bicyclic) bond motifs is 2. The van der Waals surface area contributed by atoms with E-state index in [0.717, 1.165) is 12.8 Å². The van der Waals surface area contributed by atoms with Gasteiger partial charge < -0.3 is 10.1 Å². The zero-order chi connectivity index (χ0) is 14.4. The maximum absolute atomic E-state index is 11.5. The molecule has 4 aliphatic rings. The third-order valence-corrected chi connectivity index (χ3v) is 6.05. The molecule has 5 unspecified atom stereocenters. The number of hydrogen-bond acceptors (Lipinski definition) is 5. The summed E-state index contributed by atoms with van der Waals surface area (Å²) in [6.45, 7) is 2.70. The van der Waals surface area contributed by atoms with Crippen molar-refractivity contribution in [1.29, 1.82) is 0 Å². The van der Waals surface area contributed by atoms with E-state index in [1.807, 2.05) is 0 Å². The van der Waals surface area contributed by atoms with Gasteiger partial charge in [0.15, 0.2) is 0 Å². The highest BCUT2D eigenvalue weighted by atomic mass is 16.7. The van der Waals surface area contributed by atoms with E-state index >= 15 is 0 Å². The molecule has 0 aromatic carbocycles. The Balaban J connectivity index is 1.40. The molecule has 2 aliphatic carbocycles. The third-order valence-electron chi connectivity index (χ3n) is 6.05. The summed E-state index contributed by atoms with van der Waals surface area (Å²) in [5, 5.41) is 6.64. The van der Waals surface area contributed by atoms with Gasteiger partial charge in [0.25, 0.3) is 0 Å². The summed E-state index contributed by atoms with van der Waals surface area (Å²) in [5.41, 5.74) is 3.11. The lowest BCUT2D eigenvalue weighted by Crippen LogP contribution is -2.50. The number of rotatable bonds is 2. The Hall–Kier alpha value is -0.850. The van der Waals surface area contributed by atoms with E-state index in [-0.39, 0.29) is 24.0 Å². The first-order chi connectivity index (χ1) is 10.2. The molecule has 0 aromatic heterocycles. The van der Waals surface area contributed by atoms with Crippen LogP contribution >= 0.6 is 0 Å². The SMILES string of the molecule is CCC1NC(C2CCC3C(CC[C@]34COC(=O)N4)C2)NO1. The first-order valence-corrected chi connectivity index (χ1v) is 8.32. The van der Waals surface area contributed by atoms with Gasteiger partial charge in [-0.25, -0.2) is 4.79 Å². The molecule has 3 N–H and O–H groups in total. The molecule has 2 heterocycles. The summed E-state index contributed by atoms with van der Waals surface area (Å²) in [6.07, 6.45) is 7.03. The maximum Gasteiger partial charge on any atom is 0.407 e. The van der Waals surface area contributed by atoms with Crippen molar-refractivity contribution in [3.8, 4) is 0 Å².